The second-order valence-electron chi connectivity index (χ2n) is 5.32. The second-order valence-corrected chi connectivity index (χ2v) is 5.32. The highest BCUT2D eigenvalue weighted by Gasteiger charge is 2.33. The maximum Gasteiger partial charge on any atom is 0.435 e. The lowest BCUT2D eigenvalue weighted by molar-refractivity contribution is -0.141. The minimum Gasteiger partial charge on any atom is -0.475 e. The van der Waals surface area contributed by atoms with Crippen molar-refractivity contribution in [1.82, 2.24) is 10.2 Å². The first kappa shape index (κ1) is 15.0. The van der Waals surface area contributed by atoms with Gasteiger partial charge in [-0.1, -0.05) is 25.7 Å². The summed E-state index contributed by atoms with van der Waals surface area (Å²) >= 11 is 0. The Morgan fingerprint density at radius 3 is 2.25 bits per heavy atom. The van der Waals surface area contributed by atoms with Gasteiger partial charge < -0.3 is 10.5 Å². The van der Waals surface area contributed by atoms with Crippen molar-refractivity contribution in [3.8, 4) is 5.88 Å². The van der Waals surface area contributed by atoms with E-state index in [9.17, 15) is 13.2 Å². The summed E-state index contributed by atoms with van der Waals surface area (Å²) in [7, 11) is 0. The van der Waals surface area contributed by atoms with Crippen molar-refractivity contribution in [2.24, 2.45) is 5.73 Å². The first-order chi connectivity index (χ1) is 9.39. The zero-order chi connectivity index (χ0) is 14.6. The summed E-state index contributed by atoms with van der Waals surface area (Å²) in [6, 6.07) is 2.04. The molecule has 0 aromatic carbocycles. The number of hydrogen-bond acceptors (Lipinski definition) is 4. The summed E-state index contributed by atoms with van der Waals surface area (Å²) in [4.78, 5) is 0. The lowest BCUT2D eigenvalue weighted by Crippen LogP contribution is -2.45. The van der Waals surface area contributed by atoms with Crippen LogP contribution in [-0.4, -0.2) is 22.3 Å². The van der Waals surface area contributed by atoms with E-state index in [1.54, 1.807) is 0 Å². The van der Waals surface area contributed by atoms with Crippen molar-refractivity contribution in [3.63, 3.8) is 0 Å². The van der Waals surface area contributed by atoms with Gasteiger partial charge in [-0.15, -0.1) is 10.2 Å². The van der Waals surface area contributed by atoms with Gasteiger partial charge in [-0.2, -0.15) is 13.2 Å². The monoisotopic (exact) mass is 289 g/mol. The average Bonchev–Trinajstić information content (AvgIpc) is 2.61. The van der Waals surface area contributed by atoms with Crippen LogP contribution in [0.3, 0.4) is 0 Å². The molecule has 4 nitrogen and oxygen atoms in total. The Morgan fingerprint density at radius 1 is 1.10 bits per heavy atom. The van der Waals surface area contributed by atoms with Gasteiger partial charge in [-0.3, -0.25) is 0 Å². The molecule has 0 amide bonds. The van der Waals surface area contributed by atoms with Gasteiger partial charge in [0, 0.05) is 6.07 Å². The molecule has 1 aliphatic carbocycles. The van der Waals surface area contributed by atoms with Gasteiger partial charge in [0.25, 0.3) is 0 Å². The van der Waals surface area contributed by atoms with Crippen LogP contribution in [0.25, 0.3) is 0 Å². The summed E-state index contributed by atoms with van der Waals surface area (Å²) in [5.74, 6) is 0.0760. The SMILES string of the molecule is NC1(COc2ccc(C(F)(F)F)nn2)CCCCCC1. The maximum atomic E-state index is 12.3. The third-order valence-electron chi connectivity index (χ3n) is 3.54. The lowest BCUT2D eigenvalue weighted by atomic mass is 9.93. The minimum absolute atomic E-state index is 0.0760. The second kappa shape index (κ2) is 5.95. The molecule has 1 fully saturated rings. The Bertz CT molecular complexity index is 425. The average molecular weight is 289 g/mol. The predicted molar refractivity (Wildman–Crippen MR) is 67.1 cm³/mol. The smallest absolute Gasteiger partial charge is 0.435 e. The first-order valence-electron chi connectivity index (χ1n) is 6.72. The van der Waals surface area contributed by atoms with Crippen LogP contribution in [0.1, 0.15) is 44.2 Å². The number of hydrogen-bond donors (Lipinski definition) is 1. The summed E-state index contributed by atoms with van der Waals surface area (Å²) in [6.45, 7) is 0.257. The topological polar surface area (TPSA) is 61.0 Å². The Morgan fingerprint density at radius 2 is 1.75 bits per heavy atom. The van der Waals surface area contributed by atoms with Crippen LogP contribution in [0.2, 0.25) is 0 Å². The van der Waals surface area contributed by atoms with Crippen LogP contribution in [0.5, 0.6) is 5.88 Å². The lowest BCUT2D eigenvalue weighted by Gasteiger charge is -2.27. The van der Waals surface area contributed by atoms with Crippen molar-refractivity contribution in [2.75, 3.05) is 6.61 Å². The molecule has 2 N–H and O–H groups in total. The largest absolute Gasteiger partial charge is 0.475 e. The predicted octanol–water partition coefficient (Wildman–Crippen LogP) is 2.93. The quantitative estimate of drug-likeness (QED) is 0.869. The Hall–Kier alpha value is -1.37. The highest BCUT2D eigenvalue weighted by molar-refractivity contribution is 5.13. The Labute approximate surface area is 115 Å². The molecule has 0 atom stereocenters. The van der Waals surface area contributed by atoms with E-state index in [2.05, 4.69) is 10.2 Å². The fraction of sp³-hybridized carbons (Fsp3) is 0.692. The number of aromatic nitrogens is 2. The Balaban J connectivity index is 1.93. The summed E-state index contributed by atoms with van der Waals surface area (Å²) in [5, 5.41) is 6.55. The van der Waals surface area contributed by atoms with E-state index >= 15 is 0 Å². The normalized spacial score (nSPS) is 19.4. The maximum absolute atomic E-state index is 12.3. The fourth-order valence-electron chi connectivity index (χ4n) is 2.34. The van der Waals surface area contributed by atoms with Crippen molar-refractivity contribution in [3.05, 3.63) is 17.8 Å². The van der Waals surface area contributed by atoms with Crippen molar-refractivity contribution in [2.45, 2.75) is 50.2 Å². The minimum atomic E-state index is -4.48. The molecule has 1 aromatic heterocycles. The van der Waals surface area contributed by atoms with Gasteiger partial charge in [-0.05, 0) is 18.9 Å². The van der Waals surface area contributed by atoms with E-state index in [-0.39, 0.29) is 12.5 Å². The van der Waals surface area contributed by atoms with Crippen LogP contribution in [0, 0.1) is 0 Å². The van der Waals surface area contributed by atoms with E-state index in [4.69, 9.17) is 10.5 Å². The molecular formula is C13H18F3N3O. The molecule has 0 bridgehead atoms. The van der Waals surface area contributed by atoms with Gasteiger partial charge in [0.15, 0.2) is 5.69 Å². The molecule has 7 heteroatoms. The van der Waals surface area contributed by atoms with Crippen LogP contribution in [0.4, 0.5) is 13.2 Å². The van der Waals surface area contributed by atoms with Crippen molar-refractivity contribution < 1.29 is 17.9 Å². The first-order valence-corrected chi connectivity index (χ1v) is 6.72. The molecule has 0 radical (unpaired) electrons. The zero-order valence-corrected chi connectivity index (χ0v) is 11.1. The van der Waals surface area contributed by atoms with E-state index < -0.39 is 17.4 Å². The van der Waals surface area contributed by atoms with Crippen LogP contribution in [0.15, 0.2) is 12.1 Å². The molecule has 0 aliphatic heterocycles. The van der Waals surface area contributed by atoms with Crippen molar-refractivity contribution in [1.29, 1.82) is 0 Å². The number of ether oxygens (including phenoxy) is 1. The summed E-state index contributed by atoms with van der Waals surface area (Å²) in [5.41, 5.74) is 4.81. The van der Waals surface area contributed by atoms with E-state index in [0.717, 1.165) is 31.7 Å². The Kier molecular flexibility index (Phi) is 4.47. The molecular weight excluding hydrogens is 271 g/mol. The van der Waals surface area contributed by atoms with Gasteiger partial charge >= 0.3 is 6.18 Å². The van der Waals surface area contributed by atoms with Gasteiger partial charge in [0.1, 0.15) is 6.61 Å². The zero-order valence-electron chi connectivity index (χ0n) is 11.1. The molecule has 1 aromatic rings. The van der Waals surface area contributed by atoms with E-state index in [0.29, 0.717) is 0 Å². The molecule has 20 heavy (non-hydrogen) atoms. The third-order valence-corrected chi connectivity index (χ3v) is 3.54. The highest BCUT2D eigenvalue weighted by atomic mass is 19.4. The molecule has 1 saturated carbocycles. The molecule has 1 aliphatic rings. The van der Waals surface area contributed by atoms with Gasteiger partial charge in [-0.25, -0.2) is 0 Å². The standard InChI is InChI=1S/C13H18F3N3O/c14-13(15,16)10-5-6-11(19-18-10)20-9-12(17)7-3-1-2-4-8-12/h5-6H,1-4,7-9,17H2. The molecule has 1 heterocycles. The van der Waals surface area contributed by atoms with Crippen LogP contribution in [-0.2, 0) is 6.18 Å². The number of rotatable bonds is 3. The number of nitrogens with zero attached hydrogens (tertiary/aromatic N) is 2. The molecule has 112 valence electrons. The van der Waals surface area contributed by atoms with E-state index in [1.165, 1.54) is 18.9 Å². The number of nitrogens with two attached hydrogens (primary N) is 1. The number of alkyl halides is 3. The van der Waals surface area contributed by atoms with Gasteiger partial charge in [0.2, 0.25) is 5.88 Å². The van der Waals surface area contributed by atoms with Crippen LogP contribution >= 0.6 is 0 Å². The molecule has 0 saturated heterocycles. The van der Waals surface area contributed by atoms with Crippen molar-refractivity contribution >= 4 is 0 Å². The highest BCUT2D eigenvalue weighted by Crippen LogP contribution is 2.28. The number of halogens is 3. The molecule has 2 rings (SSSR count). The fourth-order valence-corrected chi connectivity index (χ4v) is 2.34. The van der Waals surface area contributed by atoms with Crippen LogP contribution < -0.4 is 10.5 Å². The third kappa shape index (κ3) is 4.06. The summed E-state index contributed by atoms with van der Waals surface area (Å²) < 4.78 is 42.4. The molecule has 0 spiro atoms. The summed E-state index contributed by atoms with van der Waals surface area (Å²) in [6.07, 6.45) is 1.68. The molecule has 0 unspecified atom stereocenters. The van der Waals surface area contributed by atoms with Gasteiger partial charge in [0.05, 0.1) is 5.54 Å². The van der Waals surface area contributed by atoms with E-state index in [1.807, 2.05) is 0 Å².